The molecule has 7 nitrogen and oxygen atoms in total. The Morgan fingerprint density at radius 3 is 2.86 bits per heavy atom. The van der Waals surface area contributed by atoms with Gasteiger partial charge in [-0.2, -0.15) is 0 Å². The summed E-state index contributed by atoms with van der Waals surface area (Å²) in [5, 5.41) is 11.4. The Balaban J connectivity index is 2.11. The van der Waals surface area contributed by atoms with Gasteiger partial charge in [-0.3, -0.25) is 4.79 Å². The Bertz CT molecular complexity index is 715. The lowest BCUT2D eigenvalue weighted by atomic mass is 10.00. The van der Waals surface area contributed by atoms with Crippen LogP contribution in [0.3, 0.4) is 0 Å². The Kier molecular flexibility index (Phi) is 3.30. The van der Waals surface area contributed by atoms with Gasteiger partial charge < -0.3 is 15.7 Å². The number of hydrogen-bond acceptors (Lipinski definition) is 6. The van der Waals surface area contributed by atoms with Crippen molar-refractivity contribution >= 4 is 29.0 Å². The van der Waals surface area contributed by atoms with Crippen molar-refractivity contribution in [3.63, 3.8) is 0 Å². The van der Waals surface area contributed by atoms with Crippen LogP contribution in [0.25, 0.3) is 0 Å². The lowest BCUT2D eigenvalue weighted by Crippen LogP contribution is -2.41. The average Bonchev–Trinajstić information content (AvgIpc) is 2.94. The molecule has 108 valence electrons. The van der Waals surface area contributed by atoms with E-state index in [-0.39, 0.29) is 11.5 Å². The molecule has 0 fully saturated rings. The van der Waals surface area contributed by atoms with Crippen molar-refractivity contribution in [2.75, 3.05) is 11.4 Å². The lowest BCUT2D eigenvalue weighted by Gasteiger charge is -2.34. The van der Waals surface area contributed by atoms with Gasteiger partial charge in [0.2, 0.25) is 0 Å². The van der Waals surface area contributed by atoms with Crippen molar-refractivity contribution in [2.45, 2.75) is 12.5 Å². The minimum Gasteiger partial charge on any atom is -0.479 e. The van der Waals surface area contributed by atoms with E-state index in [1.807, 2.05) is 5.38 Å². The van der Waals surface area contributed by atoms with Gasteiger partial charge in [-0.1, -0.05) is 0 Å². The van der Waals surface area contributed by atoms with Gasteiger partial charge >= 0.3 is 5.97 Å². The molecule has 0 saturated carbocycles. The Morgan fingerprint density at radius 1 is 1.38 bits per heavy atom. The fourth-order valence-electron chi connectivity index (χ4n) is 2.53. The number of fused-ring (bicyclic) bond motifs is 1. The number of aliphatic carboxylic acids is 1. The predicted molar refractivity (Wildman–Crippen MR) is 76.3 cm³/mol. The Hall–Kier alpha value is -2.48. The van der Waals surface area contributed by atoms with Crippen LogP contribution in [0.1, 0.15) is 27.0 Å². The Labute approximate surface area is 124 Å². The van der Waals surface area contributed by atoms with E-state index in [1.54, 1.807) is 11.0 Å². The van der Waals surface area contributed by atoms with Gasteiger partial charge in [-0.25, -0.2) is 14.8 Å². The van der Waals surface area contributed by atoms with Crippen molar-refractivity contribution in [1.29, 1.82) is 0 Å². The normalized spacial score (nSPS) is 17.3. The molecule has 0 bridgehead atoms. The largest absolute Gasteiger partial charge is 0.479 e. The first-order valence-electron chi connectivity index (χ1n) is 6.26. The van der Waals surface area contributed by atoms with Crippen LogP contribution in [0.4, 0.5) is 5.82 Å². The molecule has 3 rings (SSSR count). The van der Waals surface area contributed by atoms with Crippen molar-refractivity contribution in [1.82, 2.24) is 9.97 Å². The van der Waals surface area contributed by atoms with Gasteiger partial charge in [0.15, 0.2) is 17.6 Å². The second kappa shape index (κ2) is 5.13. The van der Waals surface area contributed by atoms with Gasteiger partial charge in [-0.15, -0.1) is 11.3 Å². The van der Waals surface area contributed by atoms with Crippen LogP contribution >= 0.6 is 11.3 Å². The second-order valence-corrected chi connectivity index (χ2v) is 5.58. The minimum atomic E-state index is -0.990. The summed E-state index contributed by atoms with van der Waals surface area (Å²) in [4.78, 5) is 33.8. The number of primary amides is 1. The monoisotopic (exact) mass is 304 g/mol. The summed E-state index contributed by atoms with van der Waals surface area (Å²) in [5.41, 5.74) is 6.03. The molecule has 1 unspecified atom stereocenters. The number of anilines is 1. The topological polar surface area (TPSA) is 109 Å². The van der Waals surface area contributed by atoms with Crippen LogP contribution in [0.15, 0.2) is 23.8 Å². The molecule has 0 aliphatic carbocycles. The molecule has 1 amide bonds. The molecule has 0 saturated heterocycles. The van der Waals surface area contributed by atoms with Gasteiger partial charge in [0.05, 0.1) is 0 Å². The molecule has 3 heterocycles. The van der Waals surface area contributed by atoms with E-state index in [0.29, 0.717) is 13.0 Å². The summed E-state index contributed by atoms with van der Waals surface area (Å²) < 4.78 is 0. The molecule has 1 aliphatic heterocycles. The first-order valence-corrected chi connectivity index (χ1v) is 7.14. The average molecular weight is 304 g/mol. The summed E-state index contributed by atoms with van der Waals surface area (Å²) in [7, 11) is 0. The van der Waals surface area contributed by atoms with Crippen molar-refractivity contribution in [2.24, 2.45) is 5.73 Å². The molecule has 0 spiro atoms. The van der Waals surface area contributed by atoms with Crippen molar-refractivity contribution in [3.05, 3.63) is 40.0 Å². The highest BCUT2D eigenvalue weighted by molar-refractivity contribution is 7.10. The third kappa shape index (κ3) is 2.23. The highest BCUT2D eigenvalue weighted by atomic mass is 32.1. The van der Waals surface area contributed by atoms with E-state index in [9.17, 15) is 14.7 Å². The smallest absolute Gasteiger partial charge is 0.331 e. The summed E-state index contributed by atoms with van der Waals surface area (Å²) in [6, 6.07) is 0.917. The number of aromatic nitrogens is 2. The number of rotatable bonds is 3. The van der Waals surface area contributed by atoms with E-state index < -0.39 is 17.9 Å². The first-order chi connectivity index (χ1) is 10.1. The summed E-state index contributed by atoms with van der Waals surface area (Å²) >= 11 is 1.54. The summed E-state index contributed by atoms with van der Waals surface area (Å²) in [6.45, 7) is 0.448. The third-order valence-corrected chi connectivity index (χ3v) is 4.38. The molecule has 8 heteroatoms. The van der Waals surface area contributed by atoms with E-state index in [0.717, 1.165) is 10.4 Å². The summed E-state index contributed by atoms with van der Waals surface area (Å²) in [5.74, 6) is -1.50. The van der Waals surface area contributed by atoms with E-state index >= 15 is 0 Å². The maximum atomic E-state index is 11.7. The van der Waals surface area contributed by atoms with Crippen LogP contribution in [0, 0.1) is 0 Å². The van der Waals surface area contributed by atoms with Crippen LogP contribution in [-0.2, 0) is 11.2 Å². The van der Waals surface area contributed by atoms with Gasteiger partial charge in [0, 0.05) is 23.8 Å². The van der Waals surface area contributed by atoms with Crippen LogP contribution in [-0.4, -0.2) is 33.5 Å². The molecule has 21 heavy (non-hydrogen) atoms. The van der Waals surface area contributed by atoms with E-state index in [4.69, 9.17) is 5.73 Å². The molecule has 2 aromatic heterocycles. The van der Waals surface area contributed by atoms with Crippen LogP contribution < -0.4 is 10.6 Å². The molecule has 1 aliphatic rings. The number of nitrogens with two attached hydrogens (primary N) is 1. The number of carboxylic acids is 1. The number of nitrogens with zero attached hydrogens (tertiary/aromatic N) is 3. The highest BCUT2D eigenvalue weighted by Crippen LogP contribution is 2.36. The lowest BCUT2D eigenvalue weighted by molar-refractivity contribution is -0.138. The summed E-state index contributed by atoms with van der Waals surface area (Å²) in [6.07, 6.45) is 3.48. The maximum absolute atomic E-state index is 11.7. The van der Waals surface area contributed by atoms with Gasteiger partial charge in [-0.05, 0) is 23.4 Å². The van der Waals surface area contributed by atoms with E-state index in [1.165, 1.54) is 23.7 Å². The van der Waals surface area contributed by atoms with E-state index in [2.05, 4.69) is 9.97 Å². The van der Waals surface area contributed by atoms with Crippen molar-refractivity contribution in [3.8, 4) is 0 Å². The number of amides is 1. The first kappa shape index (κ1) is 13.5. The number of thiophene rings is 1. The third-order valence-electron chi connectivity index (χ3n) is 3.38. The molecule has 1 atom stereocenters. The second-order valence-electron chi connectivity index (χ2n) is 4.58. The fraction of sp³-hybridized carbons (Fsp3) is 0.231. The van der Waals surface area contributed by atoms with Crippen molar-refractivity contribution < 1.29 is 14.7 Å². The molecule has 2 aromatic rings. The number of hydrogen-bond donors (Lipinski definition) is 2. The quantitative estimate of drug-likeness (QED) is 0.869. The standard InChI is InChI=1S/C13H12N4O3S/c14-11(18)9-12(16-4-3-15-9)17-5-1-8-7(2-6-21-8)10(17)13(19)20/h2-4,6,10H,1,5H2,(H2,14,18)(H,19,20). The molecule has 0 radical (unpaired) electrons. The molecule has 3 N–H and O–H groups in total. The number of carbonyl (C=O) groups is 2. The zero-order chi connectivity index (χ0) is 15.0. The van der Waals surface area contributed by atoms with Gasteiger partial charge in [0.1, 0.15) is 0 Å². The van der Waals surface area contributed by atoms with Crippen LogP contribution in [0.2, 0.25) is 0 Å². The molecular formula is C13H12N4O3S. The zero-order valence-corrected chi connectivity index (χ0v) is 11.7. The fourth-order valence-corrected chi connectivity index (χ4v) is 3.43. The number of carbonyl (C=O) groups excluding carboxylic acids is 1. The minimum absolute atomic E-state index is 0.0116. The zero-order valence-electron chi connectivity index (χ0n) is 10.9. The van der Waals surface area contributed by atoms with Crippen LogP contribution in [0.5, 0.6) is 0 Å². The Morgan fingerprint density at radius 2 is 2.14 bits per heavy atom. The number of carboxylic acid groups (broad SMARTS) is 1. The highest BCUT2D eigenvalue weighted by Gasteiger charge is 2.36. The SMILES string of the molecule is NC(=O)c1nccnc1N1CCc2sccc2C1C(=O)O. The predicted octanol–water partition coefficient (Wildman–Crippen LogP) is 0.825. The van der Waals surface area contributed by atoms with Gasteiger partial charge in [0.25, 0.3) is 5.91 Å². The molecular weight excluding hydrogens is 292 g/mol. The maximum Gasteiger partial charge on any atom is 0.331 e. The molecule has 0 aromatic carbocycles.